The fourth-order valence-corrected chi connectivity index (χ4v) is 6.48. The zero-order valence-electron chi connectivity index (χ0n) is 22.6. The Bertz CT molecular complexity index is 1970. The summed E-state index contributed by atoms with van der Waals surface area (Å²) in [5.41, 5.74) is 12.4. The van der Waals surface area contributed by atoms with Crippen molar-refractivity contribution >= 4 is 43.6 Å². The molecule has 0 atom stereocenters. The summed E-state index contributed by atoms with van der Waals surface area (Å²) >= 11 is 0. The Morgan fingerprint density at radius 2 is 0.650 bits per heavy atom. The third-order valence-electron chi connectivity index (χ3n) is 8.41. The van der Waals surface area contributed by atoms with Crippen LogP contribution in [0.2, 0.25) is 0 Å². The van der Waals surface area contributed by atoms with Crippen LogP contribution in [0.25, 0.3) is 66.1 Å². The van der Waals surface area contributed by atoms with E-state index in [-0.39, 0.29) is 0 Å². The zero-order chi connectivity index (χ0) is 26.8. The van der Waals surface area contributed by atoms with Crippen molar-refractivity contribution < 1.29 is 0 Å². The molecular weight excluding hydrogens is 484 g/mol. The van der Waals surface area contributed by atoms with Crippen molar-refractivity contribution in [3.8, 4) is 22.5 Å². The van der Waals surface area contributed by atoms with Crippen LogP contribution in [0.1, 0.15) is 11.1 Å². The molecule has 0 N–H and O–H groups in total. The molecule has 0 aliphatic rings. The monoisotopic (exact) mass is 512 g/mol. The standard InChI is InChI=1S/C38H28N2/c1-25-19-21-27(39-35-15-7-3-11-29(35)30-12-4-8-16-36(30)39)23-33(25)34-24-28(22-20-26(34)2)40-37-17-9-5-13-31(37)32-14-6-10-18-38(32)40/h3-24H,1-2H3. The largest absolute Gasteiger partial charge is 0.309 e. The average molecular weight is 513 g/mol. The molecule has 2 aromatic heterocycles. The first-order chi connectivity index (χ1) is 19.7. The molecule has 0 amide bonds. The van der Waals surface area contributed by atoms with Crippen molar-refractivity contribution in [3.05, 3.63) is 145 Å². The number of nitrogens with zero attached hydrogens (tertiary/aromatic N) is 2. The Morgan fingerprint density at radius 3 is 0.975 bits per heavy atom. The van der Waals surface area contributed by atoms with Crippen molar-refractivity contribution in [1.82, 2.24) is 9.13 Å². The van der Waals surface area contributed by atoms with Crippen molar-refractivity contribution in [1.29, 1.82) is 0 Å². The maximum atomic E-state index is 2.40. The van der Waals surface area contributed by atoms with Crippen LogP contribution in [0.4, 0.5) is 0 Å². The summed E-state index contributed by atoms with van der Waals surface area (Å²) in [5.74, 6) is 0. The van der Waals surface area contributed by atoms with Crippen LogP contribution in [0.3, 0.4) is 0 Å². The molecule has 6 aromatic carbocycles. The maximum absolute atomic E-state index is 2.40. The second-order valence-electron chi connectivity index (χ2n) is 10.7. The minimum absolute atomic E-state index is 1.18. The molecule has 2 nitrogen and oxygen atoms in total. The summed E-state index contributed by atoms with van der Waals surface area (Å²) in [4.78, 5) is 0. The van der Waals surface area contributed by atoms with E-state index in [4.69, 9.17) is 0 Å². The fourth-order valence-electron chi connectivity index (χ4n) is 6.48. The number of benzene rings is 6. The van der Waals surface area contributed by atoms with Crippen molar-refractivity contribution in [2.75, 3.05) is 0 Å². The predicted octanol–water partition coefficient (Wildman–Crippen LogP) is 10.2. The number of aryl methyl sites for hydroxylation is 2. The lowest BCUT2D eigenvalue weighted by molar-refractivity contribution is 1.17. The molecule has 2 heteroatoms. The summed E-state index contributed by atoms with van der Waals surface area (Å²) in [6, 6.07) is 48.6. The summed E-state index contributed by atoms with van der Waals surface area (Å²) in [7, 11) is 0. The molecular formula is C38H28N2. The van der Waals surface area contributed by atoms with Crippen molar-refractivity contribution in [2.45, 2.75) is 13.8 Å². The number of fused-ring (bicyclic) bond motifs is 6. The SMILES string of the molecule is Cc1ccc(-n2c3ccccc3c3ccccc32)cc1-c1cc(-n2c3ccccc3c3ccccc32)ccc1C. The predicted molar refractivity (Wildman–Crippen MR) is 170 cm³/mol. The molecule has 0 saturated heterocycles. The van der Waals surface area contributed by atoms with Gasteiger partial charge in [0.05, 0.1) is 22.1 Å². The second kappa shape index (κ2) is 8.72. The number of rotatable bonds is 3. The highest BCUT2D eigenvalue weighted by Gasteiger charge is 2.16. The molecule has 40 heavy (non-hydrogen) atoms. The van der Waals surface area contributed by atoms with Gasteiger partial charge in [0.1, 0.15) is 0 Å². The highest BCUT2D eigenvalue weighted by molar-refractivity contribution is 6.10. The number of hydrogen-bond donors (Lipinski definition) is 0. The van der Waals surface area contributed by atoms with Gasteiger partial charge in [0.25, 0.3) is 0 Å². The smallest absolute Gasteiger partial charge is 0.0541 e. The minimum Gasteiger partial charge on any atom is -0.309 e. The van der Waals surface area contributed by atoms with Crippen LogP contribution in [0, 0.1) is 13.8 Å². The quantitative estimate of drug-likeness (QED) is 0.223. The van der Waals surface area contributed by atoms with E-state index in [1.54, 1.807) is 0 Å². The molecule has 8 rings (SSSR count). The number of aromatic nitrogens is 2. The summed E-state index contributed by atoms with van der Waals surface area (Å²) in [6.07, 6.45) is 0. The first-order valence-electron chi connectivity index (χ1n) is 13.9. The van der Waals surface area contributed by atoms with Gasteiger partial charge in [-0.25, -0.2) is 0 Å². The highest BCUT2D eigenvalue weighted by atomic mass is 15.0. The molecule has 0 radical (unpaired) electrons. The van der Waals surface area contributed by atoms with E-state index >= 15 is 0 Å². The van der Waals surface area contributed by atoms with Gasteiger partial charge in [-0.15, -0.1) is 0 Å². The maximum Gasteiger partial charge on any atom is 0.0541 e. The van der Waals surface area contributed by atoms with Gasteiger partial charge >= 0.3 is 0 Å². The molecule has 0 saturated carbocycles. The molecule has 0 aliphatic carbocycles. The molecule has 190 valence electrons. The number of hydrogen-bond acceptors (Lipinski definition) is 0. The Balaban J connectivity index is 1.36. The van der Waals surface area contributed by atoms with Gasteiger partial charge < -0.3 is 9.13 Å². The Hall–Kier alpha value is -5.08. The van der Waals surface area contributed by atoms with Gasteiger partial charge in [-0.1, -0.05) is 84.9 Å². The summed E-state index contributed by atoms with van der Waals surface area (Å²) in [5, 5.41) is 5.13. The van der Waals surface area contributed by atoms with Crippen LogP contribution < -0.4 is 0 Å². The Morgan fingerprint density at radius 1 is 0.350 bits per heavy atom. The fraction of sp³-hybridized carbons (Fsp3) is 0.0526. The topological polar surface area (TPSA) is 9.86 Å². The van der Waals surface area contributed by atoms with Gasteiger partial charge in [0.15, 0.2) is 0 Å². The third kappa shape index (κ3) is 3.29. The molecule has 2 heterocycles. The van der Waals surface area contributed by atoms with Gasteiger partial charge in [0, 0.05) is 32.9 Å². The lowest BCUT2D eigenvalue weighted by Gasteiger charge is -2.16. The highest BCUT2D eigenvalue weighted by Crippen LogP contribution is 2.37. The van der Waals surface area contributed by atoms with Gasteiger partial charge in [-0.2, -0.15) is 0 Å². The first kappa shape index (κ1) is 22.9. The van der Waals surface area contributed by atoms with Crippen LogP contribution in [0.5, 0.6) is 0 Å². The Kier molecular flexibility index (Phi) is 4.99. The van der Waals surface area contributed by atoms with Crippen molar-refractivity contribution in [2.24, 2.45) is 0 Å². The van der Waals surface area contributed by atoms with Crippen LogP contribution in [-0.2, 0) is 0 Å². The van der Waals surface area contributed by atoms with E-state index in [1.165, 1.54) is 77.2 Å². The van der Waals surface area contributed by atoms with Crippen LogP contribution >= 0.6 is 0 Å². The van der Waals surface area contributed by atoms with E-state index in [9.17, 15) is 0 Å². The second-order valence-corrected chi connectivity index (χ2v) is 10.7. The average Bonchev–Trinajstić information content (AvgIpc) is 3.51. The van der Waals surface area contributed by atoms with E-state index in [0.717, 1.165) is 0 Å². The van der Waals surface area contributed by atoms with Gasteiger partial charge in [0.2, 0.25) is 0 Å². The summed E-state index contributed by atoms with van der Waals surface area (Å²) < 4.78 is 4.81. The Labute approximate surface area is 233 Å². The van der Waals surface area contributed by atoms with Crippen LogP contribution in [-0.4, -0.2) is 9.13 Å². The lowest BCUT2D eigenvalue weighted by atomic mass is 9.95. The van der Waals surface area contributed by atoms with Gasteiger partial charge in [-0.05, 0) is 84.6 Å². The lowest BCUT2D eigenvalue weighted by Crippen LogP contribution is -1.98. The zero-order valence-corrected chi connectivity index (χ0v) is 22.6. The van der Waals surface area contributed by atoms with Gasteiger partial charge in [-0.3, -0.25) is 0 Å². The van der Waals surface area contributed by atoms with E-state index in [0.29, 0.717) is 0 Å². The van der Waals surface area contributed by atoms with E-state index < -0.39 is 0 Å². The van der Waals surface area contributed by atoms with Crippen molar-refractivity contribution in [3.63, 3.8) is 0 Å². The normalized spacial score (nSPS) is 11.8. The van der Waals surface area contributed by atoms with Crippen LogP contribution in [0.15, 0.2) is 133 Å². The molecule has 0 unspecified atom stereocenters. The minimum atomic E-state index is 1.18. The van der Waals surface area contributed by atoms with E-state index in [1.807, 2.05) is 0 Å². The summed E-state index contributed by atoms with van der Waals surface area (Å²) in [6.45, 7) is 4.44. The molecule has 0 aliphatic heterocycles. The number of para-hydroxylation sites is 4. The molecule has 0 bridgehead atoms. The molecule has 0 fully saturated rings. The molecule has 0 spiro atoms. The first-order valence-corrected chi connectivity index (χ1v) is 13.9. The third-order valence-corrected chi connectivity index (χ3v) is 8.41. The molecule has 8 aromatic rings. The van der Waals surface area contributed by atoms with E-state index in [2.05, 4.69) is 156 Å².